The lowest BCUT2D eigenvalue weighted by molar-refractivity contribution is -0.137. The minimum absolute atomic E-state index is 0.129. The third-order valence-corrected chi connectivity index (χ3v) is 5.26. The lowest BCUT2D eigenvalue weighted by Gasteiger charge is -2.21. The number of hydrogen-bond acceptors (Lipinski definition) is 7. The van der Waals surface area contributed by atoms with E-state index in [0.717, 1.165) is 6.92 Å². The van der Waals surface area contributed by atoms with Crippen LogP contribution in [0.4, 0.5) is 33.3 Å². The molecule has 0 radical (unpaired) electrons. The number of fused-ring (bicyclic) bond motifs is 1. The topological polar surface area (TPSA) is 108 Å². The van der Waals surface area contributed by atoms with Gasteiger partial charge in [-0.1, -0.05) is 0 Å². The number of aromatic nitrogens is 3. The van der Waals surface area contributed by atoms with Crippen LogP contribution in [0.2, 0.25) is 0 Å². The summed E-state index contributed by atoms with van der Waals surface area (Å²) in [7, 11) is 0. The van der Waals surface area contributed by atoms with Crippen LogP contribution in [0.5, 0.6) is 5.88 Å². The van der Waals surface area contributed by atoms with Crippen LogP contribution in [0.15, 0.2) is 29.1 Å². The van der Waals surface area contributed by atoms with Crippen LogP contribution in [0, 0.1) is 18.6 Å². The normalized spacial score (nSPS) is 11.9. The lowest BCUT2D eigenvalue weighted by Crippen LogP contribution is -2.16. The van der Waals surface area contributed by atoms with Crippen LogP contribution in [0.25, 0.3) is 17.1 Å². The minimum atomic E-state index is -5.07. The molecule has 0 aliphatic rings. The standard InChI is InChI=1S/C23H20F5N5O3/c1-10(2)36-21-14(9-34)19(30-7-12-8-33-4-5-35-22(33)31-12)18(25)20(32-21)13-6-15(29)17(24)11(3)16(13)23(26,27)28/h4-6,8-10H,7,29H2,1-3H3,(H,30,32). The first-order valence-electron chi connectivity index (χ1n) is 10.6. The number of benzene rings is 1. The molecule has 8 nitrogen and oxygen atoms in total. The van der Waals surface area contributed by atoms with Gasteiger partial charge in [-0.2, -0.15) is 18.2 Å². The van der Waals surface area contributed by atoms with E-state index in [1.54, 1.807) is 30.6 Å². The summed E-state index contributed by atoms with van der Waals surface area (Å²) in [5, 5.41) is 2.69. The summed E-state index contributed by atoms with van der Waals surface area (Å²) in [6, 6.07) is 0.656. The summed E-state index contributed by atoms with van der Waals surface area (Å²) in [6.07, 6.45) is -0.796. The van der Waals surface area contributed by atoms with Crippen molar-refractivity contribution in [3.63, 3.8) is 0 Å². The van der Waals surface area contributed by atoms with Crippen molar-refractivity contribution in [1.82, 2.24) is 14.4 Å². The van der Waals surface area contributed by atoms with E-state index in [-0.39, 0.29) is 24.2 Å². The number of rotatable bonds is 7. The smallest absolute Gasteiger partial charge is 0.417 e. The van der Waals surface area contributed by atoms with E-state index >= 15 is 4.39 Å². The predicted molar refractivity (Wildman–Crippen MR) is 120 cm³/mol. The van der Waals surface area contributed by atoms with Crippen LogP contribution in [-0.2, 0) is 12.7 Å². The van der Waals surface area contributed by atoms with Crippen molar-refractivity contribution in [2.75, 3.05) is 11.1 Å². The SMILES string of the molecule is Cc1c(F)c(N)cc(-c2nc(OC(C)C)c(C=O)c(NCc3cn4ccoc4n3)c2F)c1C(F)(F)F. The van der Waals surface area contributed by atoms with Crippen molar-refractivity contribution in [1.29, 1.82) is 0 Å². The van der Waals surface area contributed by atoms with Gasteiger partial charge in [0.15, 0.2) is 12.1 Å². The molecule has 190 valence electrons. The number of nitrogen functional groups attached to an aromatic ring is 1. The molecule has 3 aromatic heterocycles. The van der Waals surface area contributed by atoms with Crippen LogP contribution < -0.4 is 15.8 Å². The zero-order valence-electron chi connectivity index (χ0n) is 19.2. The molecule has 0 bridgehead atoms. The van der Waals surface area contributed by atoms with Crippen molar-refractivity contribution in [2.45, 2.75) is 39.6 Å². The highest BCUT2D eigenvalue weighted by molar-refractivity contribution is 5.90. The molecule has 0 saturated carbocycles. The molecule has 0 aliphatic carbocycles. The van der Waals surface area contributed by atoms with Gasteiger partial charge in [-0.3, -0.25) is 9.20 Å². The molecule has 0 fully saturated rings. The Hall–Kier alpha value is -4.16. The number of pyridine rings is 1. The fraction of sp³-hybridized carbons (Fsp3) is 0.261. The third kappa shape index (κ3) is 4.43. The Kier molecular flexibility index (Phi) is 6.33. The Labute approximate surface area is 200 Å². The van der Waals surface area contributed by atoms with Crippen molar-refractivity contribution >= 4 is 23.5 Å². The number of nitrogens with two attached hydrogens (primary N) is 1. The highest BCUT2D eigenvalue weighted by atomic mass is 19.4. The first-order chi connectivity index (χ1) is 16.9. The molecule has 1 aromatic carbocycles. The number of carbonyl (C=O) groups excluding carboxylic acids is 1. The van der Waals surface area contributed by atoms with Crippen molar-refractivity contribution in [2.24, 2.45) is 0 Å². The molecule has 0 saturated heterocycles. The monoisotopic (exact) mass is 509 g/mol. The van der Waals surface area contributed by atoms with Crippen molar-refractivity contribution in [3.05, 3.63) is 58.7 Å². The summed E-state index contributed by atoms with van der Waals surface area (Å²) in [5.74, 6) is -2.72. The number of oxazole rings is 1. The van der Waals surface area contributed by atoms with Gasteiger partial charge in [0.05, 0.1) is 35.3 Å². The largest absolute Gasteiger partial charge is 0.474 e. The molecule has 0 amide bonds. The van der Waals surface area contributed by atoms with Crippen LogP contribution in [0.3, 0.4) is 0 Å². The maximum atomic E-state index is 15.8. The van der Waals surface area contributed by atoms with E-state index < -0.39 is 63.6 Å². The summed E-state index contributed by atoms with van der Waals surface area (Å²) in [4.78, 5) is 20.0. The maximum Gasteiger partial charge on any atom is 0.417 e. The Morgan fingerprint density at radius 2 is 1.97 bits per heavy atom. The second-order valence-electron chi connectivity index (χ2n) is 8.16. The number of ether oxygens (including phenoxy) is 1. The van der Waals surface area contributed by atoms with E-state index in [2.05, 4.69) is 15.3 Å². The third-order valence-electron chi connectivity index (χ3n) is 5.26. The summed E-state index contributed by atoms with van der Waals surface area (Å²) in [5.41, 5.74) is 0.624. The van der Waals surface area contributed by atoms with Gasteiger partial charge in [-0.15, -0.1) is 0 Å². The zero-order valence-corrected chi connectivity index (χ0v) is 19.2. The average Bonchev–Trinajstić information content (AvgIpc) is 3.37. The highest BCUT2D eigenvalue weighted by Crippen LogP contribution is 2.44. The number of hydrogen-bond donors (Lipinski definition) is 2. The molecule has 13 heteroatoms. The molecule has 4 rings (SSSR count). The Morgan fingerprint density at radius 1 is 1.25 bits per heavy atom. The molecular formula is C23H20F5N5O3. The Morgan fingerprint density at radius 3 is 2.58 bits per heavy atom. The lowest BCUT2D eigenvalue weighted by atomic mass is 9.95. The van der Waals surface area contributed by atoms with Gasteiger partial charge < -0.3 is 20.2 Å². The van der Waals surface area contributed by atoms with Crippen LogP contribution in [-0.4, -0.2) is 26.8 Å². The van der Waals surface area contributed by atoms with E-state index in [1.807, 2.05) is 0 Å². The van der Waals surface area contributed by atoms with E-state index in [4.69, 9.17) is 14.9 Å². The predicted octanol–water partition coefficient (Wildman–Crippen LogP) is 5.39. The molecule has 0 spiro atoms. The van der Waals surface area contributed by atoms with Gasteiger partial charge in [0.2, 0.25) is 5.88 Å². The van der Waals surface area contributed by atoms with Gasteiger partial charge in [-0.25, -0.2) is 13.8 Å². The van der Waals surface area contributed by atoms with Crippen LogP contribution in [0.1, 0.15) is 41.0 Å². The quantitative estimate of drug-likeness (QED) is 0.195. The number of nitrogens with zero attached hydrogens (tertiary/aromatic N) is 3. The van der Waals surface area contributed by atoms with E-state index in [9.17, 15) is 22.4 Å². The molecule has 36 heavy (non-hydrogen) atoms. The fourth-order valence-electron chi connectivity index (χ4n) is 3.74. The van der Waals surface area contributed by atoms with Gasteiger partial charge in [0.25, 0.3) is 0 Å². The summed E-state index contributed by atoms with van der Waals surface area (Å²) >= 11 is 0. The first-order valence-corrected chi connectivity index (χ1v) is 10.6. The average molecular weight is 509 g/mol. The molecule has 4 aromatic rings. The van der Waals surface area contributed by atoms with E-state index in [0.29, 0.717) is 11.8 Å². The second kappa shape index (κ2) is 9.13. The first kappa shape index (κ1) is 24.9. The van der Waals surface area contributed by atoms with Gasteiger partial charge >= 0.3 is 12.0 Å². The number of anilines is 2. The van der Waals surface area contributed by atoms with Crippen molar-refractivity contribution < 1.29 is 35.9 Å². The molecule has 0 atom stereocenters. The molecule has 3 N–H and O–H groups in total. The number of alkyl halides is 3. The minimum Gasteiger partial charge on any atom is -0.474 e. The number of aldehydes is 1. The fourth-order valence-corrected chi connectivity index (χ4v) is 3.74. The number of imidazole rings is 1. The number of carbonyl (C=O) groups is 1. The Bertz CT molecular complexity index is 1430. The maximum absolute atomic E-state index is 15.8. The van der Waals surface area contributed by atoms with E-state index in [1.165, 1.54) is 6.26 Å². The zero-order chi connectivity index (χ0) is 26.4. The van der Waals surface area contributed by atoms with Crippen molar-refractivity contribution in [3.8, 4) is 17.1 Å². The summed E-state index contributed by atoms with van der Waals surface area (Å²) in [6.45, 7) is 3.94. The summed E-state index contributed by atoms with van der Waals surface area (Å²) < 4.78 is 84.2. The van der Waals surface area contributed by atoms with Gasteiger partial charge in [-0.05, 0) is 32.4 Å². The van der Waals surface area contributed by atoms with Crippen LogP contribution >= 0.6 is 0 Å². The van der Waals surface area contributed by atoms with Gasteiger partial charge in [0.1, 0.15) is 23.3 Å². The molecule has 0 unspecified atom stereocenters. The number of halogens is 5. The Balaban J connectivity index is 1.92. The molecule has 3 heterocycles. The molecular weight excluding hydrogens is 489 g/mol. The van der Waals surface area contributed by atoms with Gasteiger partial charge in [0, 0.05) is 18.0 Å². The number of nitrogens with one attached hydrogen (secondary N) is 1. The molecule has 0 aliphatic heterocycles. The second-order valence-corrected chi connectivity index (χ2v) is 8.16. The highest BCUT2D eigenvalue weighted by Gasteiger charge is 2.39.